The molecule has 1 aromatic carbocycles. The van der Waals surface area contributed by atoms with E-state index in [2.05, 4.69) is 10.3 Å². The maximum absolute atomic E-state index is 9.68. The molecule has 2 aromatic rings. The van der Waals surface area contributed by atoms with Crippen molar-refractivity contribution in [2.75, 3.05) is 11.9 Å². The summed E-state index contributed by atoms with van der Waals surface area (Å²) in [5, 5.41) is 13.0. The van der Waals surface area contributed by atoms with Crippen molar-refractivity contribution < 1.29 is 5.11 Å². The number of hydrogen-bond acceptors (Lipinski definition) is 3. The second-order valence-corrected chi connectivity index (χ2v) is 4.65. The Bertz CT molecular complexity index is 513. The van der Waals surface area contributed by atoms with Crippen LogP contribution in [0.2, 0.25) is 0 Å². The zero-order valence-corrected chi connectivity index (χ0v) is 10.7. The topological polar surface area (TPSA) is 45.1 Å². The van der Waals surface area contributed by atoms with E-state index in [0.717, 1.165) is 17.1 Å². The summed E-state index contributed by atoms with van der Waals surface area (Å²) in [7, 11) is 0. The number of hydrogen-bond donors (Lipinski definition) is 2. The van der Waals surface area contributed by atoms with Crippen molar-refractivity contribution in [1.82, 2.24) is 4.98 Å². The smallest absolute Gasteiger partial charge is 0.126 e. The van der Waals surface area contributed by atoms with E-state index in [9.17, 15) is 5.11 Å². The Morgan fingerprint density at radius 2 is 1.83 bits per heavy atom. The van der Waals surface area contributed by atoms with Crippen LogP contribution < -0.4 is 5.32 Å². The van der Waals surface area contributed by atoms with Gasteiger partial charge in [0, 0.05) is 5.69 Å². The van der Waals surface area contributed by atoms with Crippen molar-refractivity contribution >= 4 is 5.82 Å². The summed E-state index contributed by atoms with van der Waals surface area (Å²) in [4.78, 5) is 4.41. The molecule has 0 radical (unpaired) electrons. The van der Waals surface area contributed by atoms with Crippen LogP contribution in [0, 0.1) is 6.92 Å². The Hall–Kier alpha value is -1.87. The molecule has 0 fully saturated rings. The number of nitrogens with zero attached hydrogens (tertiary/aromatic N) is 1. The van der Waals surface area contributed by atoms with Crippen LogP contribution in [0.5, 0.6) is 0 Å². The molecule has 0 bridgehead atoms. The SMILES string of the molecule is Cc1cccc(NC(C)(CO)c2ccccc2)n1. The third-order valence-electron chi connectivity index (χ3n) is 3.02. The third kappa shape index (κ3) is 2.68. The minimum Gasteiger partial charge on any atom is -0.394 e. The molecule has 1 atom stereocenters. The normalized spacial score (nSPS) is 13.9. The fourth-order valence-electron chi connectivity index (χ4n) is 1.90. The van der Waals surface area contributed by atoms with Gasteiger partial charge in [-0.15, -0.1) is 0 Å². The summed E-state index contributed by atoms with van der Waals surface area (Å²) in [6.07, 6.45) is 0. The van der Waals surface area contributed by atoms with Gasteiger partial charge in [0.15, 0.2) is 0 Å². The Morgan fingerprint density at radius 3 is 2.44 bits per heavy atom. The van der Waals surface area contributed by atoms with Crippen LogP contribution in [0.15, 0.2) is 48.5 Å². The van der Waals surface area contributed by atoms with Crippen molar-refractivity contribution in [2.24, 2.45) is 0 Å². The van der Waals surface area contributed by atoms with Gasteiger partial charge in [-0.25, -0.2) is 4.98 Å². The lowest BCUT2D eigenvalue weighted by Crippen LogP contribution is -2.36. The van der Waals surface area contributed by atoms with E-state index in [4.69, 9.17) is 0 Å². The van der Waals surface area contributed by atoms with Crippen LogP contribution in [0.4, 0.5) is 5.82 Å². The minimum absolute atomic E-state index is 0.00658. The molecule has 1 heterocycles. The largest absolute Gasteiger partial charge is 0.394 e. The first-order chi connectivity index (χ1) is 8.64. The zero-order valence-electron chi connectivity index (χ0n) is 10.7. The number of benzene rings is 1. The number of anilines is 1. The standard InChI is InChI=1S/C15H18N2O/c1-12-7-6-10-14(16-12)17-15(2,11-18)13-8-4-3-5-9-13/h3-10,18H,11H2,1-2H3,(H,16,17). The monoisotopic (exact) mass is 242 g/mol. The highest BCUT2D eigenvalue weighted by molar-refractivity contribution is 5.42. The highest BCUT2D eigenvalue weighted by Crippen LogP contribution is 2.24. The Balaban J connectivity index is 2.29. The number of aliphatic hydroxyl groups excluding tert-OH is 1. The second kappa shape index (κ2) is 5.19. The van der Waals surface area contributed by atoms with Crippen molar-refractivity contribution in [3.05, 3.63) is 59.8 Å². The number of aliphatic hydroxyl groups is 1. The molecule has 0 aliphatic rings. The van der Waals surface area contributed by atoms with Gasteiger partial charge >= 0.3 is 0 Å². The van der Waals surface area contributed by atoms with Gasteiger partial charge in [-0.2, -0.15) is 0 Å². The van der Waals surface area contributed by atoms with Gasteiger partial charge < -0.3 is 10.4 Å². The molecule has 1 unspecified atom stereocenters. The lowest BCUT2D eigenvalue weighted by atomic mass is 9.93. The molecule has 2 rings (SSSR count). The lowest BCUT2D eigenvalue weighted by molar-refractivity contribution is 0.223. The molecule has 18 heavy (non-hydrogen) atoms. The van der Waals surface area contributed by atoms with E-state index in [0.29, 0.717) is 0 Å². The number of aryl methyl sites for hydroxylation is 1. The first-order valence-electron chi connectivity index (χ1n) is 6.02. The van der Waals surface area contributed by atoms with Crippen LogP contribution in [0.25, 0.3) is 0 Å². The van der Waals surface area contributed by atoms with E-state index < -0.39 is 5.54 Å². The average molecular weight is 242 g/mol. The minimum atomic E-state index is -0.526. The molecule has 2 N–H and O–H groups in total. The zero-order chi connectivity index (χ0) is 13.0. The number of aromatic nitrogens is 1. The van der Waals surface area contributed by atoms with Crippen LogP contribution in [-0.4, -0.2) is 16.7 Å². The molecule has 0 aliphatic heterocycles. The summed E-state index contributed by atoms with van der Waals surface area (Å²) >= 11 is 0. The molecule has 3 heteroatoms. The maximum Gasteiger partial charge on any atom is 0.126 e. The first kappa shape index (κ1) is 12.6. The van der Waals surface area contributed by atoms with Gasteiger partial charge in [0.25, 0.3) is 0 Å². The van der Waals surface area contributed by atoms with Gasteiger partial charge in [0.05, 0.1) is 12.1 Å². The second-order valence-electron chi connectivity index (χ2n) is 4.65. The number of nitrogens with one attached hydrogen (secondary N) is 1. The summed E-state index contributed by atoms with van der Waals surface area (Å²) in [6.45, 7) is 3.92. The third-order valence-corrected chi connectivity index (χ3v) is 3.02. The fraction of sp³-hybridized carbons (Fsp3) is 0.267. The molecular formula is C15H18N2O. The molecule has 0 amide bonds. The predicted octanol–water partition coefficient (Wildman–Crippen LogP) is 2.71. The van der Waals surface area contributed by atoms with E-state index in [1.807, 2.05) is 62.4 Å². The van der Waals surface area contributed by atoms with E-state index in [-0.39, 0.29) is 6.61 Å². The van der Waals surface area contributed by atoms with Crippen molar-refractivity contribution in [1.29, 1.82) is 0 Å². The average Bonchev–Trinajstić information content (AvgIpc) is 2.39. The molecule has 0 saturated carbocycles. The Morgan fingerprint density at radius 1 is 1.11 bits per heavy atom. The molecule has 0 aliphatic carbocycles. The molecule has 1 aromatic heterocycles. The predicted molar refractivity (Wildman–Crippen MR) is 73.5 cm³/mol. The van der Waals surface area contributed by atoms with E-state index in [1.165, 1.54) is 0 Å². The molecule has 0 saturated heterocycles. The summed E-state index contributed by atoms with van der Waals surface area (Å²) in [6, 6.07) is 15.7. The van der Waals surface area contributed by atoms with Crippen molar-refractivity contribution in [3.63, 3.8) is 0 Å². The van der Waals surface area contributed by atoms with Crippen molar-refractivity contribution in [2.45, 2.75) is 19.4 Å². The highest BCUT2D eigenvalue weighted by Gasteiger charge is 2.25. The number of pyridine rings is 1. The number of rotatable bonds is 4. The van der Waals surface area contributed by atoms with E-state index in [1.54, 1.807) is 0 Å². The molecule has 3 nitrogen and oxygen atoms in total. The molecular weight excluding hydrogens is 224 g/mol. The fourth-order valence-corrected chi connectivity index (χ4v) is 1.90. The Labute approximate surface area is 108 Å². The lowest BCUT2D eigenvalue weighted by Gasteiger charge is -2.30. The van der Waals surface area contributed by atoms with Crippen LogP contribution in [-0.2, 0) is 5.54 Å². The quantitative estimate of drug-likeness (QED) is 0.866. The van der Waals surface area contributed by atoms with Crippen LogP contribution >= 0.6 is 0 Å². The first-order valence-corrected chi connectivity index (χ1v) is 6.02. The van der Waals surface area contributed by atoms with Gasteiger partial charge in [-0.1, -0.05) is 36.4 Å². The summed E-state index contributed by atoms with van der Waals surface area (Å²) in [5.41, 5.74) is 1.46. The van der Waals surface area contributed by atoms with E-state index >= 15 is 0 Å². The van der Waals surface area contributed by atoms with Gasteiger partial charge in [-0.3, -0.25) is 0 Å². The summed E-state index contributed by atoms with van der Waals surface area (Å²) in [5.74, 6) is 0.774. The van der Waals surface area contributed by atoms with Gasteiger partial charge in [0.2, 0.25) is 0 Å². The van der Waals surface area contributed by atoms with Gasteiger partial charge in [0.1, 0.15) is 5.82 Å². The molecule has 0 spiro atoms. The maximum atomic E-state index is 9.68. The summed E-state index contributed by atoms with van der Waals surface area (Å²) < 4.78 is 0. The highest BCUT2D eigenvalue weighted by atomic mass is 16.3. The molecule has 94 valence electrons. The van der Waals surface area contributed by atoms with Gasteiger partial charge in [-0.05, 0) is 31.5 Å². The van der Waals surface area contributed by atoms with Crippen LogP contribution in [0.3, 0.4) is 0 Å². The van der Waals surface area contributed by atoms with Crippen LogP contribution in [0.1, 0.15) is 18.2 Å². The Kier molecular flexibility index (Phi) is 3.63. The van der Waals surface area contributed by atoms with Crippen molar-refractivity contribution in [3.8, 4) is 0 Å².